The number of hydrogen-bond acceptors (Lipinski definition) is 3. The molecule has 92 valence electrons. The van der Waals surface area contributed by atoms with Gasteiger partial charge in [0.15, 0.2) is 0 Å². The quantitative estimate of drug-likeness (QED) is 0.844. The lowest BCUT2D eigenvalue weighted by molar-refractivity contribution is -0.0196. The van der Waals surface area contributed by atoms with Gasteiger partial charge in [-0.3, -0.25) is 4.98 Å². The van der Waals surface area contributed by atoms with Gasteiger partial charge in [-0.25, -0.2) is 0 Å². The number of rotatable bonds is 2. The molecule has 3 nitrogen and oxygen atoms in total. The van der Waals surface area contributed by atoms with Crippen molar-refractivity contribution in [1.29, 1.82) is 0 Å². The molecule has 2 aliphatic rings. The predicted octanol–water partition coefficient (Wildman–Crippen LogP) is 1.78. The van der Waals surface area contributed by atoms with E-state index in [1.165, 1.54) is 24.8 Å². The Kier molecular flexibility index (Phi) is 3.12. The molecule has 0 amide bonds. The molecular weight excluding hydrogens is 212 g/mol. The van der Waals surface area contributed by atoms with E-state index in [0.717, 1.165) is 26.1 Å². The molecular formula is C14H20N2O. The van der Waals surface area contributed by atoms with Crippen LogP contribution in [-0.2, 0) is 11.2 Å². The van der Waals surface area contributed by atoms with E-state index in [1.807, 2.05) is 18.5 Å². The molecule has 0 aliphatic carbocycles. The lowest BCUT2D eigenvalue weighted by Crippen LogP contribution is -2.41. The second-order valence-electron chi connectivity index (χ2n) is 5.38. The molecule has 1 N–H and O–H groups in total. The summed E-state index contributed by atoms with van der Waals surface area (Å²) in [5, 5.41) is 3.41. The van der Waals surface area contributed by atoms with Gasteiger partial charge in [-0.2, -0.15) is 0 Å². The van der Waals surface area contributed by atoms with Gasteiger partial charge in [-0.1, -0.05) is 6.07 Å². The SMILES string of the molecule is c1cncc(C[C@@H]2COC3(CCNCC3)C2)c1. The van der Waals surface area contributed by atoms with Crippen molar-refractivity contribution in [3.63, 3.8) is 0 Å². The number of aromatic nitrogens is 1. The number of nitrogens with one attached hydrogen (secondary N) is 1. The van der Waals surface area contributed by atoms with Crippen molar-refractivity contribution in [2.24, 2.45) is 5.92 Å². The third kappa shape index (κ3) is 2.50. The molecule has 2 aliphatic heterocycles. The molecule has 2 fully saturated rings. The van der Waals surface area contributed by atoms with Crippen LogP contribution in [0.3, 0.4) is 0 Å². The molecule has 3 heterocycles. The van der Waals surface area contributed by atoms with Gasteiger partial charge < -0.3 is 10.1 Å². The van der Waals surface area contributed by atoms with Crippen LogP contribution in [0.25, 0.3) is 0 Å². The third-order valence-electron chi connectivity index (χ3n) is 4.05. The molecule has 0 unspecified atom stereocenters. The summed E-state index contributed by atoms with van der Waals surface area (Å²) in [5.74, 6) is 0.678. The smallest absolute Gasteiger partial charge is 0.0710 e. The van der Waals surface area contributed by atoms with Crippen LogP contribution in [0.1, 0.15) is 24.8 Å². The van der Waals surface area contributed by atoms with E-state index in [4.69, 9.17) is 4.74 Å². The number of ether oxygens (including phenoxy) is 1. The van der Waals surface area contributed by atoms with Crippen LogP contribution < -0.4 is 5.32 Å². The normalized spacial score (nSPS) is 27.4. The third-order valence-corrected chi connectivity index (χ3v) is 4.05. The van der Waals surface area contributed by atoms with Crippen LogP contribution in [0.15, 0.2) is 24.5 Å². The highest BCUT2D eigenvalue weighted by atomic mass is 16.5. The van der Waals surface area contributed by atoms with Crippen molar-refractivity contribution in [3.8, 4) is 0 Å². The van der Waals surface area contributed by atoms with Crippen molar-refractivity contribution >= 4 is 0 Å². The molecule has 3 rings (SSSR count). The Labute approximate surface area is 103 Å². The fraction of sp³-hybridized carbons (Fsp3) is 0.643. The lowest BCUT2D eigenvalue weighted by atomic mass is 9.84. The van der Waals surface area contributed by atoms with Crippen LogP contribution in [-0.4, -0.2) is 30.3 Å². The molecule has 1 atom stereocenters. The van der Waals surface area contributed by atoms with Crippen molar-refractivity contribution < 1.29 is 4.74 Å². The topological polar surface area (TPSA) is 34.1 Å². The van der Waals surface area contributed by atoms with E-state index in [0.29, 0.717) is 5.92 Å². The van der Waals surface area contributed by atoms with Gasteiger partial charge in [0.25, 0.3) is 0 Å². The fourth-order valence-corrected chi connectivity index (χ4v) is 3.15. The van der Waals surface area contributed by atoms with Crippen LogP contribution in [0, 0.1) is 5.92 Å². The monoisotopic (exact) mass is 232 g/mol. The van der Waals surface area contributed by atoms with E-state index >= 15 is 0 Å². The second kappa shape index (κ2) is 4.75. The Morgan fingerprint density at radius 2 is 2.29 bits per heavy atom. The van der Waals surface area contributed by atoms with Crippen molar-refractivity contribution in [2.75, 3.05) is 19.7 Å². The Morgan fingerprint density at radius 1 is 1.41 bits per heavy atom. The van der Waals surface area contributed by atoms with E-state index in [1.54, 1.807) is 0 Å². The van der Waals surface area contributed by atoms with Gasteiger partial charge in [0.05, 0.1) is 12.2 Å². The zero-order chi connectivity index (χ0) is 11.6. The minimum absolute atomic E-state index is 0.193. The van der Waals surface area contributed by atoms with E-state index in [2.05, 4.69) is 16.4 Å². The number of nitrogens with zero attached hydrogens (tertiary/aromatic N) is 1. The summed E-state index contributed by atoms with van der Waals surface area (Å²) >= 11 is 0. The Morgan fingerprint density at radius 3 is 3.06 bits per heavy atom. The Hall–Kier alpha value is -0.930. The van der Waals surface area contributed by atoms with E-state index < -0.39 is 0 Å². The molecule has 0 bridgehead atoms. The standard InChI is InChI=1S/C14H20N2O/c1-2-12(10-16-5-1)8-13-9-14(17-11-13)3-6-15-7-4-14/h1-2,5,10,13,15H,3-4,6-9,11H2/t13-/m0/s1. The van der Waals surface area contributed by atoms with Crippen LogP contribution in [0.4, 0.5) is 0 Å². The van der Waals surface area contributed by atoms with Gasteiger partial charge in [0.1, 0.15) is 0 Å². The van der Waals surface area contributed by atoms with Crippen molar-refractivity contribution in [3.05, 3.63) is 30.1 Å². The molecule has 0 aromatic carbocycles. The Balaban J connectivity index is 1.60. The average Bonchev–Trinajstić information content (AvgIpc) is 2.74. The molecule has 0 saturated carbocycles. The first-order valence-electron chi connectivity index (χ1n) is 6.60. The van der Waals surface area contributed by atoms with Crippen molar-refractivity contribution in [1.82, 2.24) is 10.3 Å². The molecule has 1 aromatic heterocycles. The zero-order valence-electron chi connectivity index (χ0n) is 10.2. The van der Waals surface area contributed by atoms with Gasteiger partial charge in [0, 0.05) is 12.4 Å². The molecule has 3 heteroatoms. The number of pyridine rings is 1. The number of hydrogen-bond donors (Lipinski definition) is 1. The van der Waals surface area contributed by atoms with Crippen LogP contribution in [0.2, 0.25) is 0 Å². The first-order valence-corrected chi connectivity index (χ1v) is 6.60. The first kappa shape index (κ1) is 11.2. The summed E-state index contributed by atoms with van der Waals surface area (Å²) < 4.78 is 6.11. The highest BCUT2D eigenvalue weighted by molar-refractivity contribution is 5.10. The first-order chi connectivity index (χ1) is 8.36. The molecule has 1 aromatic rings. The zero-order valence-corrected chi connectivity index (χ0v) is 10.2. The molecule has 1 spiro atoms. The minimum atomic E-state index is 0.193. The fourth-order valence-electron chi connectivity index (χ4n) is 3.15. The van der Waals surface area contributed by atoms with E-state index in [-0.39, 0.29) is 5.60 Å². The summed E-state index contributed by atoms with van der Waals surface area (Å²) in [4.78, 5) is 4.18. The summed E-state index contributed by atoms with van der Waals surface area (Å²) in [5.41, 5.74) is 1.53. The van der Waals surface area contributed by atoms with Gasteiger partial charge in [-0.05, 0) is 56.3 Å². The van der Waals surface area contributed by atoms with Gasteiger partial charge in [0.2, 0.25) is 0 Å². The maximum Gasteiger partial charge on any atom is 0.0710 e. The van der Waals surface area contributed by atoms with Crippen molar-refractivity contribution in [2.45, 2.75) is 31.3 Å². The highest BCUT2D eigenvalue weighted by Gasteiger charge is 2.40. The maximum absolute atomic E-state index is 6.11. The molecule has 17 heavy (non-hydrogen) atoms. The predicted molar refractivity (Wildman–Crippen MR) is 66.8 cm³/mol. The summed E-state index contributed by atoms with van der Waals surface area (Å²) in [6, 6.07) is 4.19. The molecule has 0 radical (unpaired) electrons. The molecule has 2 saturated heterocycles. The lowest BCUT2D eigenvalue weighted by Gasteiger charge is -2.33. The minimum Gasteiger partial charge on any atom is -0.375 e. The van der Waals surface area contributed by atoms with Gasteiger partial charge >= 0.3 is 0 Å². The summed E-state index contributed by atoms with van der Waals surface area (Å²) in [7, 11) is 0. The van der Waals surface area contributed by atoms with Crippen LogP contribution >= 0.6 is 0 Å². The Bertz CT molecular complexity index is 360. The van der Waals surface area contributed by atoms with Gasteiger partial charge in [-0.15, -0.1) is 0 Å². The maximum atomic E-state index is 6.11. The second-order valence-corrected chi connectivity index (χ2v) is 5.38. The summed E-state index contributed by atoms with van der Waals surface area (Å²) in [6.07, 6.45) is 8.51. The van der Waals surface area contributed by atoms with Crippen LogP contribution in [0.5, 0.6) is 0 Å². The number of piperidine rings is 1. The van der Waals surface area contributed by atoms with E-state index in [9.17, 15) is 0 Å². The summed E-state index contributed by atoms with van der Waals surface area (Å²) in [6.45, 7) is 3.15. The average molecular weight is 232 g/mol. The highest BCUT2D eigenvalue weighted by Crippen LogP contribution is 2.38. The largest absolute Gasteiger partial charge is 0.375 e.